The van der Waals surface area contributed by atoms with Gasteiger partial charge in [0.2, 0.25) is 0 Å². The highest BCUT2D eigenvalue weighted by molar-refractivity contribution is 9.10. The number of hydrogen-bond acceptors (Lipinski definition) is 4. The number of benzene rings is 3. The van der Waals surface area contributed by atoms with Gasteiger partial charge in [-0.05, 0) is 51.8 Å². The van der Waals surface area contributed by atoms with Crippen LogP contribution in [0.3, 0.4) is 0 Å². The van der Waals surface area contributed by atoms with Crippen LogP contribution in [0.25, 0.3) is 0 Å². The first kappa shape index (κ1) is 21.8. The second-order valence-electron chi connectivity index (χ2n) is 6.09. The third kappa shape index (κ3) is 5.37. The summed E-state index contributed by atoms with van der Waals surface area (Å²) in [5.41, 5.74) is 3.69. The molecule has 0 fully saturated rings. The van der Waals surface area contributed by atoms with Crippen molar-refractivity contribution in [1.82, 2.24) is 5.43 Å². The molecule has 0 heterocycles. The summed E-state index contributed by atoms with van der Waals surface area (Å²) in [7, 11) is 1.52. The monoisotopic (exact) mass is 490 g/mol. The minimum Gasteiger partial charge on any atom is -0.493 e. The molecule has 0 bridgehead atoms. The number of halogens is 3. The van der Waals surface area contributed by atoms with Crippen LogP contribution in [0.5, 0.6) is 11.5 Å². The van der Waals surface area contributed by atoms with Gasteiger partial charge in [0.15, 0.2) is 11.5 Å². The van der Waals surface area contributed by atoms with Crippen LogP contribution in [0.1, 0.15) is 21.5 Å². The van der Waals surface area contributed by atoms with E-state index in [0.717, 1.165) is 5.56 Å². The van der Waals surface area contributed by atoms with Crippen molar-refractivity contribution in [2.24, 2.45) is 5.10 Å². The minimum atomic E-state index is -0.643. The maximum atomic E-state index is 13.6. The third-order valence-corrected chi connectivity index (χ3v) is 5.04. The van der Waals surface area contributed by atoms with E-state index in [-0.39, 0.29) is 12.2 Å². The smallest absolute Gasteiger partial charge is 0.274 e. The van der Waals surface area contributed by atoms with Crippen molar-refractivity contribution in [3.8, 4) is 11.5 Å². The maximum Gasteiger partial charge on any atom is 0.274 e. The van der Waals surface area contributed by atoms with Crippen molar-refractivity contribution in [3.63, 3.8) is 0 Å². The molecule has 3 aromatic carbocycles. The van der Waals surface area contributed by atoms with Gasteiger partial charge < -0.3 is 9.47 Å². The van der Waals surface area contributed by atoms with Gasteiger partial charge in [0.25, 0.3) is 5.91 Å². The Morgan fingerprint density at radius 3 is 2.67 bits per heavy atom. The zero-order chi connectivity index (χ0) is 21.5. The van der Waals surface area contributed by atoms with E-state index in [2.05, 4.69) is 26.5 Å². The fourth-order valence-corrected chi connectivity index (χ4v) is 3.36. The summed E-state index contributed by atoms with van der Waals surface area (Å²) < 4.78 is 25.6. The average Bonchev–Trinajstić information content (AvgIpc) is 2.74. The number of nitrogens with one attached hydrogen (secondary N) is 1. The van der Waals surface area contributed by atoms with Crippen LogP contribution >= 0.6 is 27.5 Å². The fourth-order valence-electron chi connectivity index (χ4n) is 2.59. The molecule has 1 N–H and O–H groups in total. The minimum absolute atomic E-state index is 0.0864. The predicted octanol–water partition coefficient (Wildman–Crippen LogP) is 5.59. The second kappa shape index (κ2) is 10.2. The molecule has 1 amide bonds. The van der Waals surface area contributed by atoms with Gasteiger partial charge in [-0.3, -0.25) is 4.79 Å². The molecule has 154 valence electrons. The highest BCUT2D eigenvalue weighted by Gasteiger charge is 2.13. The van der Waals surface area contributed by atoms with E-state index in [4.69, 9.17) is 21.1 Å². The molecule has 0 spiro atoms. The molecule has 3 rings (SSSR count). The zero-order valence-corrected chi connectivity index (χ0v) is 18.2. The van der Waals surface area contributed by atoms with Gasteiger partial charge >= 0.3 is 0 Å². The van der Waals surface area contributed by atoms with Crippen LogP contribution in [-0.4, -0.2) is 19.2 Å². The summed E-state index contributed by atoms with van der Waals surface area (Å²) in [4.78, 5) is 12.0. The lowest BCUT2D eigenvalue weighted by molar-refractivity contribution is 0.0951. The summed E-state index contributed by atoms with van der Waals surface area (Å²) in [6.45, 7) is 0.265. The van der Waals surface area contributed by atoms with Crippen LogP contribution < -0.4 is 14.9 Å². The van der Waals surface area contributed by atoms with Crippen LogP contribution in [0.15, 0.2) is 70.2 Å². The Kier molecular flexibility index (Phi) is 7.43. The van der Waals surface area contributed by atoms with E-state index in [0.29, 0.717) is 26.6 Å². The van der Waals surface area contributed by atoms with Crippen molar-refractivity contribution >= 4 is 39.7 Å². The molecule has 0 atom stereocenters. The Balaban J connectivity index is 1.72. The molecule has 30 heavy (non-hydrogen) atoms. The summed E-state index contributed by atoms with van der Waals surface area (Å²) >= 11 is 9.63. The van der Waals surface area contributed by atoms with Crippen LogP contribution in [0.4, 0.5) is 4.39 Å². The Bertz CT molecular complexity index is 1090. The predicted molar refractivity (Wildman–Crippen MR) is 118 cm³/mol. The molecular weight excluding hydrogens is 475 g/mol. The quantitative estimate of drug-likeness (QED) is 0.346. The van der Waals surface area contributed by atoms with Crippen LogP contribution in [0, 0.1) is 5.82 Å². The number of rotatable bonds is 7. The van der Waals surface area contributed by atoms with Crippen LogP contribution in [-0.2, 0) is 6.61 Å². The molecular formula is C22H17BrClFN2O3. The van der Waals surface area contributed by atoms with Gasteiger partial charge in [0.05, 0.1) is 23.4 Å². The molecule has 5 nitrogen and oxygen atoms in total. The summed E-state index contributed by atoms with van der Waals surface area (Å²) in [5.74, 6) is -0.284. The van der Waals surface area contributed by atoms with Gasteiger partial charge in [-0.25, -0.2) is 9.82 Å². The van der Waals surface area contributed by atoms with Gasteiger partial charge in [-0.15, -0.1) is 0 Å². The fraction of sp³-hybridized carbons (Fsp3) is 0.0909. The average molecular weight is 492 g/mol. The molecule has 0 aliphatic rings. The number of hydrogen-bond donors (Lipinski definition) is 1. The standard InChI is InChI=1S/C22H17BrClFN2O3/c1-29-20-11-14(12-26-27-22(28)16-7-3-5-9-19(16)25)10-17(23)21(20)30-13-15-6-2-4-8-18(15)24/h2-12H,13H2,1H3,(H,27,28)/b26-12-. The maximum absolute atomic E-state index is 13.6. The van der Waals surface area contributed by atoms with E-state index in [1.807, 2.05) is 18.2 Å². The Labute approximate surface area is 186 Å². The number of carbonyl (C=O) groups excluding carboxylic acids is 1. The van der Waals surface area contributed by atoms with Gasteiger partial charge in [0.1, 0.15) is 12.4 Å². The van der Waals surface area contributed by atoms with Gasteiger partial charge in [-0.2, -0.15) is 5.10 Å². The molecule has 0 radical (unpaired) electrons. The number of hydrazone groups is 1. The van der Waals surface area contributed by atoms with E-state index in [9.17, 15) is 9.18 Å². The van der Waals surface area contributed by atoms with Gasteiger partial charge in [0, 0.05) is 10.6 Å². The number of carbonyl (C=O) groups is 1. The lowest BCUT2D eigenvalue weighted by Crippen LogP contribution is -2.18. The third-order valence-electron chi connectivity index (χ3n) is 4.08. The first-order chi connectivity index (χ1) is 14.5. The SMILES string of the molecule is COc1cc(/C=N\NC(=O)c2ccccc2F)cc(Br)c1OCc1ccccc1Cl. The first-order valence-corrected chi connectivity index (χ1v) is 9.98. The molecule has 0 aliphatic heterocycles. The van der Waals surface area contributed by atoms with Gasteiger partial charge in [-0.1, -0.05) is 41.9 Å². The van der Waals surface area contributed by atoms with Crippen molar-refractivity contribution < 1.29 is 18.7 Å². The van der Waals surface area contributed by atoms with E-state index < -0.39 is 11.7 Å². The lowest BCUT2D eigenvalue weighted by atomic mass is 10.2. The molecule has 0 unspecified atom stereocenters. The molecule has 3 aromatic rings. The number of methoxy groups -OCH3 is 1. The molecule has 8 heteroatoms. The molecule has 0 saturated carbocycles. The zero-order valence-electron chi connectivity index (χ0n) is 15.9. The second-order valence-corrected chi connectivity index (χ2v) is 7.35. The number of nitrogens with zero attached hydrogens (tertiary/aromatic N) is 1. The van der Waals surface area contributed by atoms with Crippen molar-refractivity contribution in [3.05, 3.63) is 92.7 Å². The molecule has 0 aromatic heterocycles. The van der Waals surface area contributed by atoms with Crippen LogP contribution in [0.2, 0.25) is 5.02 Å². The highest BCUT2D eigenvalue weighted by Crippen LogP contribution is 2.37. The van der Waals surface area contributed by atoms with Crippen molar-refractivity contribution in [1.29, 1.82) is 0 Å². The topological polar surface area (TPSA) is 59.9 Å². The number of amides is 1. The van der Waals surface area contributed by atoms with Crippen molar-refractivity contribution in [2.45, 2.75) is 6.61 Å². The van der Waals surface area contributed by atoms with E-state index in [1.165, 1.54) is 31.5 Å². The number of ether oxygens (including phenoxy) is 2. The normalized spacial score (nSPS) is 10.8. The Morgan fingerprint density at radius 2 is 1.93 bits per heavy atom. The summed E-state index contributed by atoms with van der Waals surface area (Å²) in [6, 6.07) is 16.5. The summed E-state index contributed by atoms with van der Waals surface area (Å²) in [5, 5.41) is 4.50. The lowest BCUT2D eigenvalue weighted by Gasteiger charge is -2.14. The highest BCUT2D eigenvalue weighted by atomic mass is 79.9. The Hall–Kier alpha value is -2.90. The Morgan fingerprint density at radius 1 is 1.20 bits per heavy atom. The van der Waals surface area contributed by atoms with E-state index in [1.54, 1.807) is 24.3 Å². The first-order valence-electron chi connectivity index (χ1n) is 8.81. The molecule has 0 aliphatic carbocycles. The largest absolute Gasteiger partial charge is 0.493 e. The van der Waals surface area contributed by atoms with E-state index >= 15 is 0 Å². The summed E-state index contributed by atoms with van der Waals surface area (Å²) in [6.07, 6.45) is 1.42. The molecule has 0 saturated heterocycles. The van der Waals surface area contributed by atoms with Crippen molar-refractivity contribution in [2.75, 3.05) is 7.11 Å².